The largest absolute Gasteiger partial charge is 0.353 e. The van der Waals surface area contributed by atoms with Gasteiger partial charge in [-0.25, -0.2) is 0 Å². The third kappa shape index (κ3) is 4.36. The molecule has 1 aromatic carbocycles. The third-order valence-corrected chi connectivity index (χ3v) is 4.09. The molecule has 0 spiro atoms. The Morgan fingerprint density at radius 3 is 2.85 bits per heavy atom. The molecular formula is C15H17Cl2NO2. The van der Waals surface area contributed by atoms with Crippen LogP contribution in [0.25, 0.3) is 0 Å². The molecule has 20 heavy (non-hydrogen) atoms. The summed E-state index contributed by atoms with van der Waals surface area (Å²) < 4.78 is 11.1. The molecule has 2 rings (SSSR count). The molecule has 1 aromatic rings. The van der Waals surface area contributed by atoms with Crippen molar-refractivity contribution < 1.29 is 9.47 Å². The lowest BCUT2D eigenvalue weighted by atomic mass is 9.98. The Hall–Kier alpha value is -0.790. The van der Waals surface area contributed by atoms with Crippen LogP contribution < -0.4 is 0 Å². The van der Waals surface area contributed by atoms with Crippen LogP contribution >= 0.6 is 23.2 Å². The third-order valence-electron chi connectivity index (χ3n) is 3.35. The van der Waals surface area contributed by atoms with Gasteiger partial charge >= 0.3 is 0 Å². The molecule has 0 N–H and O–H groups in total. The van der Waals surface area contributed by atoms with Crippen molar-refractivity contribution in [2.45, 2.75) is 37.9 Å². The van der Waals surface area contributed by atoms with Crippen molar-refractivity contribution in [2.24, 2.45) is 0 Å². The molecule has 1 aliphatic heterocycles. The van der Waals surface area contributed by atoms with Crippen LogP contribution in [0.5, 0.6) is 0 Å². The molecule has 0 radical (unpaired) electrons. The van der Waals surface area contributed by atoms with Crippen molar-refractivity contribution in [2.75, 3.05) is 13.2 Å². The molecule has 2 atom stereocenters. The summed E-state index contributed by atoms with van der Waals surface area (Å²) in [5.41, 5.74) is 0.870. The van der Waals surface area contributed by atoms with Gasteiger partial charge in [-0.1, -0.05) is 29.3 Å². The van der Waals surface area contributed by atoms with Crippen molar-refractivity contribution in [3.63, 3.8) is 0 Å². The first-order valence-corrected chi connectivity index (χ1v) is 7.54. The van der Waals surface area contributed by atoms with Crippen molar-refractivity contribution >= 4 is 23.2 Å². The van der Waals surface area contributed by atoms with Crippen LogP contribution in [-0.2, 0) is 9.47 Å². The van der Waals surface area contributed by atoms with Gasteiger partial charge in [-0.15, -0.1) is 0 Å². The minimum Gasteiger partial charge on any atom is -0.353 e. The van der Waals surface area contributed by atoms with Crippen LogP contribution in [0.15, 0.2) is 18.2 Å². The molecule has 0 amide bonds. The van der Waals surface area contributed by atoms with E-state index < -0.39 is 0 Å². The maximum Gasteiger partial charge on any atom is 0.157 e. The fraction of sp³-hybridized carbons (Fsp3) is 0.533. The van der Waals surface area contributed by atoms with Gasteiger partial charge in [-0.05, 0) is 43.4 Å². The lowest BCUT2D eigenvalue weighted by Crippen LogP contribution is -2.23. The lowest BCUT2D eigenvalue weighted by Gasteiger charge is -2.23. The second-order valence-electron chi connectivity index (χ2n) is 4.81. The van der Waals surface area contributed by atoms with Gasteiger partial charge in [0.25, 0.3) is 0 Å². The molecule has 5 heteroatoms. The van der Waals surface area contributed by atoms with Crippen molar-refractivity contribution in [1.29, 1.82) is 5.26 Å². The van der Waals surface area contributed by atoms with Crippen LogP contribution in [0.3, 0.4) is 0 Å². The van der Waals surface area contributed by atoms with Gasteiger partial charge in [-0.2, -0.15) is 5.26 Å². The average Bonchev–Trinajstić information content (AvgIpc) is 2.48. The predicted molar refractivity (Wildman–Crippen MR) is 79.0 cm³/mol. The zero-order valence-corrected chi connectivity index (χ0v) is 12.7. The summed E-state index contributed by atoms with van der Waals surface area (Å²) >= 11 is 11.9. The molecular weight excluding hydrogens is 297 g/mol. The Morgan fingerprint density at radius 1 is 1.35 bits per heavy atom. The Bertz CT molecular complexity index is 481. The van der Waals surface area contributed by atoms with E-state index in [4.69, 9.17) is 32.7 Å². The molecule has 108 valence electrons. The zero-order chi connectivity index (χ0) is 14.4. The number of benzene rings is 1. The molecule has 0 saturated carbocycles. The van der Waals surface area contributed by atoms with Crippen LogP contribution in [0.4, 0.5) is 0 Å². The van der Waals surface area contributed by atoms with E-state index in [2.05, 4.69) is 6.07 Å². The van der Waals surface area contributed by atoms with Gasteiger partial charge in [0.05, 0.1) is 28.6 Å². The SMILES string of the molecule is N#C[C@H](CCO[C@H]1CCCCO1)c1ccc(Cl)c(Cl)c1. The maximum atomic E-state index is 9.26. The molecule has 0 aromatic heterocycles. The molecule has 3 nitrogen and oxygen atoms in total. The number of halogens is 2. The van der Waals surface area contributed by atoms with Crippen molar-refractivity contribution in [1.82, 2.24) is 0 Å². The molecule has 1 fully saturated rings. The Morgan fingerprint density at radius 2 is 2.20 bits per heavy atom. The van der Waals surface area contributed by atoms with E-state index >= 15 is 0 Å². The molecule has 1 aliphatic rings. The normalized spacial score (nSPS) is 20.4. The quantitative estimate of drug-likeness (QED) is 0.801. The number of hydrogen-bond donors (Lipinski definition) is 0. The van der Waals surface area contributed by atoms with Gasteiger partial charge in [0.15, 0.2) is 6.29 Å². The van der Waals surface area contributed by atoms with Crippen molar-refractivity contribution in [3.05, 3.63) is 33.8 Å². The molecule has 0 unspecified atom stereocenters. The summed E-state index contributed by atoms with van der Waals surface area (Å²) in [6.45, 7) is 1.27. The summed E-state index contributed by atoms with van der Waals surface area (Å²) in [5.74, 6) is -0.242. The van der Waals surface area contributed by atoms with Crippen LogP contribution in [-0.4, -0.2) is 19.5 Å². The van der Waals surface area contributed by atoms with E-state index in [-0.39, 0.29) is 12.2 Å². The zero-order valence-electron chi connectivity index (χ0n) is 11.1. The monoisotopic (exact) mass is 313 g/mol. The Kier molecular flexibility index (Phi) is 6.12. The van der Waals surface area contributed by atoms with Gasteiger partial charge in [0.2, 0.25) is 0 Å². The number of nitrogens with zero attached hydrogens (tertiary/aromatic N) is 1. The Balaban J connectivity index is 1.85. The summed E-state index contributed by atoms with van der Waals surface area (Å²) in [7, 11) is 0. The highest BCUT2D eigenvalue weighted by Crippen LogP contribution is 2.28. The standard InChI is InChI=1S/C15H17Cl2NO2/c16-13-5-4-11(9-14(13)17)12(10-18)6-8-20-15-3-1-2-7-19-15/h4-5,9,12,15H,1-3,6-8H2/t12-,15-/m0/s1. The van der Waals surface area contributed by atoms with E-state index in [0.717, 1.165) is 31.4 Å². The molecule has 0 bridgehead atoms. The first-order chi connectivity index (χ1) is 9.70. The highest BCUT2D eigenvalue weighted by Gasteiger charge is 2.16. The topological polar surface area (TPSA) is 42.2 Å². The van der Waals surface area contributed by atoms with Crippen LogP contribution in [0.1, 0.15) is 37.2 Å². The molecule has 1 heterocycles. The molecule has 0 aliphatic carbocycles. The minimum atomic E-state index is -0.242. The second kappa shape index (κ2) is 7.85. The number of ether oxygens (including phenoxy) is 2. The second-order valence-corrected chi connectivity index (χ2v) is 5.63. The van der Waals surface area contributed by atoms with Crippen LogP contribution in [0, 0.1) is 11.3 Å². The maximum absolute atomic E-state index is 9.26. The first-order valence-electron chi connectivity index (χ1n) is 6.78. The van der Waals surface area contributed by atoms with E-state index in [1.165, 1.54) is 0 Å². The van der Waals surface area contributed by atoms with E-state index in [1.54, 1.807) is 12.1 Å². The van der Waals surface area contributed by atoms with E-state index in [0.29, 0.717) is 23.1 Å². The lowest BCUT2D eigenvalue weighted by molar-refractivity contribution is -0.162. The Labute approximate surface area is 129 Å². The predicted octanol–water partition coefficient (Wildman–Crippen LogP) is 4.53. The van der Waals surface area contributed by atoms with Gasteiger partial charge in [0.1, 0.15) is 0 Å². The van der Waals surface area contributed by atoms with Gasteiger partial charge < -0.3 is 9.47 Å². The highest BCUT2D eigenvalue weighted by atomic mass is 35.5. The number of hydrogen-bond acceptors (Lipinski definition) is 3. The molecule has 1 saturated heterocycles. The fourth-order valence-corrected chi connectivity index (χ4v) is 2.50. The van der Waals surface area contributed by atoms with Gasteiger partial charge in [0, 0.05) is 6.61 Å². The number of rotatable bonds is 5. The van der Waals surface area contributed by atoms with Gasteiger partial charge in [-0.3, -0.25) is 0 Å². The summed E-state index contributed by atoms with van der Waals surface area (Å²) in [6.07, 6.45) is 3.68. The first kappa shape index (κ1) is 15.6. The van der Waals surface area contributed by atoms with E-state index in [1.807, 2.05) is 6.07 Å². The van der Waals surface area contributed by atoms with E-state index in [9.17, 15) is 5.26 Å². The fourth-order valence-electron chi connectivity index (χ4n) is 2.19. The summed E-state index contributed by atoms with van der Waals surface area (Å²) in [4.78, 5) is 0. The average molecular weight is 314 g/mol. The summed E-state index contributed by atoms with van der Waals surface area (Å²) in [6, 6.07) is 7.57. The smallest absolute Gasteiger partial charge is 0.157 e. The van der Waals surface area contributed by atoms with Crippen molar-refractivity contribution in [3.8, 4) is 6.07 Å². The number of nitriles is 1. The highest BCUT2D eigenvalue weighted by molar-refractivity contribution is 6.42. The minimum absolute atomic E-state index is 0.114. The summed E-state index contributed by atoms with van der Waals surface area (Å²) in [5, 5.41) is 10.2. The van der Waals surface area contributed by atoms with Crippen LogP contribution in [0.2, 0.25) is 10.0 Å².